The zero-order chi connectivity index (χ0) is 27.4. The first-order chi connectivity index (χ1) is 18.7. The number of rotatable bonds is 5. The van der Waals surface area contributed by atoms with E-state index < -0.39 is 12.4 Å². The van der Waals surface area contributed by atoms with Gasteiger partial charge in [0.1, 0.15) is 30.3 Å². The van der Waals surface area contributed by atoms with Crippen LogP contribution in [0.1, 0.15) is 26.7 Å². The fourth-order valence-electron chi connectivity index (χ4n) is 5.90. The maximum absolute atomic E-state index is 13.6. The van der Waals surface area contributed by atoms with Gasteiger partial charge in [-0.1, -0.05) is 25.4 Å². The largest absolute Gasteiger partial charge is 0.491 e. The number of imidazole rings is 1. The van der Waals surface area contributed by atoms with Crippen molar-refractivity contribution >= 4 is 40.6 Å². The number of nitrogens with zero attached hydrogens (tertiary/aromatic N) is 5. The molecule has 3 atom stereocenters. The number of nitrogens with two attached hydrogens (primary N) is 1. The van der Waals surface area contributed by atoms with Crippen molar-refractivity contribution < 1.29 is 19.4 Å². The second kappa shape index (κ2) is 9.77. The van der Waals surface area contributed by atoms with Gasteiger partial charge in [0, 0.05) is 35.2 Å². The Balaban J connectivity index is 1.37. The summed E-state index contributed by atoms with van der Waals surface area (Å²) in [5, 5.41) is 12.0. The third kappa shape index (κ3) is 4.28. The maximum atomic E-state index is 13.6. The fourth-order valence-corrected chi connectivity index (χ4v) is 6.03. The number of anilines is 3. The van der Waals surface area contributed by atoms with Crippen LogP contribution in [0.3, 0.4) is 0 Å². The summed E-state index contributed by atoms with van der Waals surface area (Å²) in [5.41, 5.74) is 7.88. The highest BCUT2D eigenvalue weighted by Crippen LogP contribution is 2.40. The number of ether oxygens (including phenoxy) is 1. The van der Waals surface area contributed by atoms with E-state index in [1.165, 1.54) is 4.90 Å². The number of carbonyl (C=O) groups excluding carboxylic acids is 2. The van der Waals surface area contributed by atoms with Crippen LogP contribution in [0.15, 0.2) is 48.7 Å². The predicted octanol–water partition coefficient (Wildman–Crippen LogP) is 3.20. The van der Waals surface area contributed by atoms with Crippen molar-refractivity contribution in [3.8, 4) is 17.1 Å². The molecule has 0 aliphatic carbocycles. The van der Waals surface area contributed by atoms with Crippen LogP contribution >= 0.6 is 11.6 Å². The average Bonchev–Trinajstić information content (AvgIpc) is 3.59. The third-order valence-electron chi connectivity index (χ3n) is 7.74. The van der Waals surface area contributed by atoms with E-state index in [2.05, 4.69) is 0 Å². The zero-order valence-electron chi connectivity index (χ0n) is 21.8. The van der Waals surface area contributed by atoms with Crippen LogP contribution < -0.4 is 25.2 Å². The monoisotopic (exact) mass is 550 g/mol. The van der Waals surface area contributed by atoms with Gasteiger partial charge in [0.2, 0.25) is 12.3 Å². The lowest BCUT2D eigenvalue weighted by atomic mass is 10.0. The molecular formula is C28H31ClN6O4. The zero-order valence-corrected chi connectivity index (χ0v) is 22.6. The van der Waals surface area contributed by atoms with E-state index in [1.54, 1.807) is 29.2 Å². The molecule has 0 saturated carbocycles. The van der Waals surface area contributed by atoms with Crippen molar-refractivity contribution in [2.45, 2.75) is 51.7 Å². The SMILES string of the molecule is CC(C)C1C(=O)N(c2ccc(Cl)cc2)C(O)N1c1cn2c(n1)-c1ccc(N3CCC[C@H]3C(N)=O)cc1OCC2. The lowest BCUT2D eigenvalue weighted by Crippen LogP contribution is -2.42. The number of amides is 2. The highest BCUT2D eigenvalue weighted by Gasteiger charge is 2.48. The topological polar surface area (TPSA) is 117 Å². The van der Waals surface area contributed by atoms with Crippen molar-refractivity contribution in [3.63, 3.8) is 0 Å². The number of hydrogen-bond acceptors (Lipinski definition) is 7. The molecule has 6 rings (SSSR count). The van der Waals surface area contributed by atoms with Crippen molar-refractivity contribution in [3.05, 3.63) is 53.7 Å². The number of halogens is 1. The smallest absolute Gasteiger partial charge is 0.253 e. The lowest BCUT2D eigenvalue weighted by Gasteiger charge is -2.28. The predicted molar refractivity (Wildman–Crippen MR) is 149 cm³/mol. The Morgan fingerprint density at radius 2 is 1.90 bits per heavy atom. The maximum Gasteiger partial charge on any atom is 0.253 e. The van der Waals surface area contributed by atoms with Gasteiger partial charge in [-0.05, 0) is 55.2 Å². The normalized spacial score (nSPS) is 22.6. The molecule has 2 fully saturated rings. The molecule has 0 spiro atoms. The standard InChI is InChI=1S/C28H31ClN6O4/c1-16(2)24-27(37)34(18-7-5-17(29)6-8-18)28(38)35(24)23-15-32-12-13-39-22-14-19(9-10-20(22)26(32)31-23)33-11-3-4-21(33)25(30)36/h5-10,14-16,21,24,28,38H,3-4,11-13H2,1-2H3,(H2,30,36)/t21-,24?,28?/m0/s1. The Kier molecular flexibility index (Phi) is 6.39. The fraction of sp³-hybridized carbons (Fsp3) is 0.393. The summed E-state index contributed by atoms with van der Waals surface area (Å²) in [6.45, 7) is 5.64. The summed E-state index contributed by atoms with van der Waals surface area (Å²) < 4.78 is 8.08. The molecule has 2 saturated heterocycles. The molecule has 11 heteroatoms. The highest BCUT2D eigenvalue weighted by atomic mass is 35.5. The summed E-state index contributed by atoms with van der Waals surface area (Å²) in [6.07, 6.45) is 2.27. The number of benzene rings is 2. The van der Waals surface area contributed by atoms with E-state index in [4.69, 9.17) is 27.1 Å². The average molecular weight is 551 g/mol. The second-order valence-electron chi connectivity index (χ2n) is 10.5. The van der Waals surface area contributed by atoms with Crippen molar-refractivity contribution in [1.82, 2.24) is 9.55 Å². The van der Waals surface area contributed by atoms with E-state index in [-0.39, 0.29) is 23.8 Å². The summed E-state index contributed by atoms with van der Waals surface area (Å²) in [6, 6.07) is 11.8. The molecule has 204 valence electrons. The van der Waals surface area contributed by atoms with Gasteiger partial charge in [0.05, 0.1) is 12.1 Å². The molecule has 1 aromatic heterocycles. The minimum absolute atomic E-state index is 0.0807. The first kappa shape index (κ1) is 25.5. The van der Waals surface area contributed by atoms with Crippen LogP contribution in [-0.4, -0.2) is 58.1 Å². The summed E-state index contributed by atoms with van der Waals surface area (Å²) in [5.74, 6) is 1.25. The number of primary amides is 1. The Bertz CT molecular complexity index is 1420. The van der Waals surface area contributed by atoms with E-state index in [9.17, 15) is 14.7 Å². The molecule has 0 bridgehead atoms. The quantitative estimate of drug-likeness (QED) is 0.501. The molecule has 2 aromatic carbocycles. The lowest BCUT2D eigenvalue weighted by molar-refractivity contribution is -0.120. The molecular weight excluding hydrogens is 520 g/mol. The van der Waals surface area contributed by atoms with Gasteiger partial charge in [-0.25, -0.2) is 4.98 Å². The summed E-state index contributed by atoms with van der Waals surface area (Å²) in [7, 11) is 0. The number of carbonyl (C=O) groups is 2. The van der Waals surface area contributed by atoms with E-state index in [0.717, 1.165) is 30.6 Å². The molecule has 4 heterocycles. The third-order valence-corrected chi connectivity index (χ3v) is 8.00. The van der Waals surface area contributed by atoms with E-state index in [1.807, 2.05) is 47.7 Å². The molecule has 3 aromatic rings. The Morgan fingerprint density at radius 3 is 2.62 bits per heavy atom. The van der Waals surface area contributed by atoms with Crippen molar-refractivity contribution in [2.24, 2.45) is 11.7 Å². The van der Waals surface area contributed by atoms with Crippen molar-refractivity contribution in [2.75, 3.05) is 27.9 Å². The Labute approximate surface area is 231 Å². The first-order valence-electron chi connectivity index (χ1n) is 13.2. The van der Waals surface area contributed by atoms with Gasteiger partial charge in [0.25, 0.3) is 5.91 Å². The minimum atomic E-state index is -1.23. The summed E-state index contributed by atoms with van der Waals surface area (Å²) >= 11 is 6.05. The second-order valence-corrected chi connectivity index (χ2v) is 11.0. The first-order valence-corrected chi connectivity index (χ1v) is 13.6. The molecule has 3 N–H and O–H groups in total. The van der Waals surface area contributed by atoms with E-state index in [0.29, 0.717) is 41.3 Å². The van der Waals surface area contributed by atoms with Crippen LogP contribution in [0.5, 0.6) is 5.75 Å². The molecule has 3 aliphatic heterocycles. The number of hydrogen-bond donors (Lipinski definition) is 2. The van der Waals surface area contributed by atoms with Gasteiger partial charge in [-0.3, -0.25) is 19.4 Å². The van der Waals surface area contributed by atoms with Gasteiger partial charge in [-0.2, -0.15) is 0 Å². The van der Waals surface area contributed by atoms with Gasteiger partial charge in [-0.15, -0.1) is 0 Å². The van der Waals surface area contributed by atoms with Crippen LogP contribution in [-0.2, 0) is 16.1 Å². The molecule has 2 amide bonds. The number of aliphatic hydroxyl groups is 1. The van der Waals surface area contributed by atoms with Gasteiger partial charge >= 0.3 is 0 Å². The Hall–Kier alpha value is -3.76. The van der Waals surface area contributed by atoms with Crippen LogP contribution in [0, 0.1) is 5.92 Å². The van der Waals surface area contributed by atoms with Gasteiger partial charge in [0.15, 0.2) is 5.82 Å². The number of fused-ring (bicyclic) bond motifs is 3. The highest BCUT2D eigenvalue weighted by molar-refractivity contribution is 6.30. The van der Waals surface area contributed by atoms with Gasteiger partial charge < -0.3 is 25.0 Å². The van der Waals surface area contributed by atoms with Crippen LogP contribution in [0.2, 0.25) is 5.02 Å². The van der Waals surface area contributed by atoms with E-state index >= 15 is 0 Å². The molecule has 10 nitrogen and oxygen atoms in total. The number of aromatic nitrogens is 2. The van der Waals surface area contributed by atoms with Crippen molar-refractivity contribution in [1.29, 1.82) is 0 Å². The Morgan fingerprint density at radius 1 is 1.15 bits per heavy atom. The van der Waals surface area contributed by atoms with Crippen LogP contribution in [0.25, 0.3) is 11.4 Å². The molecule has 0 radical (unpaired) electrons. The number of aliphatic hydroxyl groups excluding tert-OH is 1. The summed E-state index contributed by atoms with van der Waals surface area (Å²) in [4.78, 5) is 35.5. The molecule has 39 heavy (non-hydrogen) atoms. The minimum Gasteiger partial charge on any atom is -0.491 e. The molecule has 2 unspecified atom stereocenters. The molecule has 3 aliphatic rings. The van der Waals surface area contributed by atoms with Crippen LogP contribution in [0.4, 0.5) is 17.2 Å².